The third-order valence-electron chi connectivity index (χ3n) is 4.05. The molecule has 3 rings (SSSR count). The molecule has 104 valence electrons. The first-order chi connectivity index (χ1) is 9.63. The molecule has 2 aromatic carbocycles. The van der Waals surface area contributed by atoms with Crippen molar-refractivity contribution in [3.63, 3.8) is 0 Å². The Hall–Kier alpha value is -1.96. The lowest BCUT2D eigenvalue weighted by Crippen LogP contribution is -2.28. The summed E-state index contributed by atoms with van der Waals surface area (Å²) in [7, 11) is 0. The van der Waals surface area contributed by atoms with Gasteiger partial charge in [-0.05, 0) is 44.4 Å². The number of rotatable bonds is 2. The number of phenolic OH excluding ortho intramolecular Hbond substituents is 1. The van der Waals surface area contributed by atoms with Crippen LogP contribution in [0.3, 0.4) is 0 Å². The summed E-state index contributed by atoms with van der Waals surface area (Å²) in [5, 5.41) is 10.0. The smallest absolute Gasteiger partial charge is 0.120 e. The Bertz CT molecular complexity index is 633. The van der Waals surface area contributed by atoms with Crippen LogP contribution in [-0.2, 0) is 13.0 Å². The molecule has 2 aromatic rings. The summed E-state index contributed by atoms with van der Waals surface area (Å²) in [5.74, 6) is 0.398. The first kappa shape index (κ1) is 13.0. The van der Waals surface area contributed by atoms with Gasteiger partial charge in [0.15, 0.2) is 0 Å². The lowest BCUT2D eigenvalue weighted by Gasteiger charge is -2.32. The lowest BCUT2D eigenvalue weighted by atomic mass is 9.99. The van der Waals surface area contributed by atoms with E-state index < -0.39 is 0 Å². The fraction of sp³-hybridized carbons (Fsp3) is 0.333. The van der Waals surface area contributed by atoms with Crippen molar-refractivity contribution in [2.45, 2.75) is 33.2 Å². The molecule has 0 amide bonds. The average Bonchev–Trinajstić information content (AvgIpc) is 2.43. The minimum atomic E-state index is 0.398. The van der Waals surface area contributed by atoms with Crippen LogP contribution in [0.25, 0.3) is 0 Å². The Morgan fingerprint density at radius 1 is 1.05 bits per heavy atom. The van der Waals surface area contributed by atoms with Crippen molar-refractivity contribution in [1.82, 2.24) is 0 Å². The Kier molecular flexibility index (Phi) is 3.39. The number of aryl methyl sites for hydroxylation is 3. The van der Waals surface area contributed by atoms with E-state index in [2.05, 4.69) is 43.0 Å². The monoisotopic (exact) mass is 267 g/mol. The highest BCUT2D eigenvalue weighted by Crippen LogP contribution is 2.31. The van der Waals surface area contributed by atoms with Gasteiger partial charge in [0.1, 0.15) is 5.75 Å². The van der Waals surface area contributed by atoms with Gasteiger partial charge in [-0.15, -0.1) is 0 Å². The highest BCUT2D eigenvalue weighted by atomic mass is 16.3. The largest absolute Gasteiger partial charge is 0.508 e. The number of benzene rings is 2. The van der Waals surface area contributed by atoms with Gasteiger partial charge in [0.25, 0.3) is 0 Å². The lowest BCUT2D eigenvalue weighted by molar-refractivity contribution is 0.466. The van der Waals surface area contributed by atoms with E-state index in [1.165, 1.54) is 28.8 Å². The molecule has 0 radical (unpaired) electrons. The van der Waals surface area contributed by atoms with Gasteiger partial charge < -0.3 is 10.0 Å². The van der Waals surface area contributed by atoms with Crippen LogP contribution in [0.5, 0.6) is 5.75 Å². The number of anilines is 1. The fourth-order valence-electron chi connectivity index (χ4n) is 3.01. The Morgan fingerprint density at radius 3 is 2.65 bits per heavy atom. The van der Waals surface area contributed by atoms with E-state index in [0.717, 1.165) is 25.1 Å². The molecule has 0 atom stereocenters. The van der Waals surface area contributed by atoms with Crippen molar-refractivity contribution in [3.05, 3.63) is 58.7 Å². The third kappa shape index (κ3) is 2.51. The van der Waals surface area contributed by atoms with E-state index in [9.17, 15) is 5.11 Å². The maximum Gasteiger partial charge on any atom is 0.120 e. The molecule has 1 aliphatic heterocycles. The molecule has 1 aliphatic rings. The quantitative estimate of drug-likeness (QED) is 0.890. The normalized spacial score (nSPS) is 14.2. The molecule has 1 heterocycles. The highest BCUT2D eigenvalue weighted by molar-refractivity contribution is 5.57. The summed E-state index contributed by atoms with van der Waals surface area (Å²) in [6, 6.07) is 12.5. The second kappa shape index (κ2) is 5.20. The van der Waals surface area contributed by atoms with Crippen LogP contribution in [-0.4, -0.2) is 11.7 Å². The van der Waals surface area contributed by atoms with Gasteiger partial charge in [-0.25, -0.2) is 0 Å². The number of aromatic hydroxyl groups is 1. The molecule has 0 spiro atoms. The molecule has 0 saturated carbocycles. The molecule has 0 aliphatic carbocycles. The second-order valence-corrected chi connectivity index (χ2v) is 5.79. The van der Waals surface area contributed by atoms with Gasteiger partial charge in [0.2, 0.25) is 0 Å². The van der Waals surface area contributed by atoms with E-state index in [-0.39, 0.29) is 0 Å². The Morgan fingerprint density at radius 2 is 1.80 bits per heavy atom. The van der Waals surface area contributed by atoms with Crippen LogP contribution in [0.2, 0.25) is 0 Å². The number of hydrogen-bond acceptors (Lipinski definition) is 2. The molecule has 2 nitrogen and oxygen atoms in total. The molecular formula is C18H21NO. The Labute approximate surface area is 120 Å². The van der Waals surface area contributed by atoms with Crippen LogP contribution in [0.4, 0.5) is 5.69 Å². The minimum Gasteiger partial charge on any atom is -0.508 e. The van der Waals surface area contributed by atoms with Crippen LogP contribution >= 0.6 is 0 Å². The predicted molar refractivity (Wildman–Crippen MR) is 83.4 cm³/mol. The van der Waals surface area contributed by atoms with Crippen molar-refractivity contribution < 1.29 is 5.11 Å². The van der Waals surface area contributed by atoms with E-state index in [4.69, 9.17) is 0 Å². The van der Waals surface area contributed by atoms with Gasteiger partial charge in [-0.1, -0.05) is 35.4 Å². The third-order valence-corrected chi connectivity index (χ3v) is 4.05. The van der Waals surface area contributed by atoms with Crippen LogP contribution in [0.1, 0.15) is 28.7 Å². The number of phenols is 1. The maximum atomic E-state index is 10.0. The van der Waals surface area contributed by atoms with E-state index in [1.807, 2.05) is 6.07 Å². The number of fused-ring (bicyclic) bond motifs is 1. The molecule has 0 aromatic heterocycles. The summed E-state index contributed by atoms with van der Waals surface area (Å²) < 4.78 is 0. The SMILES string of the molecule is Cc1ccc(O)c(CN2CCCc3cc(C)ccc32)c1. The molecule has 2 heteroatoms. The van der Waals surface area contributed by atoms with Crippen molar-refractivity contribution in [2.75, 3.05) is 11.4 Å². The highest BCUT2D eigenvalue weighted by Gasteiger charge is 2.18. The minimum absolute atomic E-state index is 0.398. The van der Waals surface area contributed by atoms with Gasteiger partial charge in [-0.2, -0.15) is 0 Å². The van der Waals surface area contributed by atoms with E-state index in [0.29, 0.717) is 5.75 Å². The second-order valence-electron chi connectivity index (χ2n) is 5.79. The zero-order valence-electron chi connectivity index (χ0n) is 12.2. The summed E-state index contributed by atoms with van der Waals surface area (Å²) in [4.78, 5) is 2.38. The number of hydrogen-bond donors (Lipinski definition) is 1. The molecule has 0 fully saturated rings. The molecule has 20 heavy (non-hydrogen) atoms. The summed E-state index contributed by atoms with van der Waals surface area (Å²) in [6.45, 7) is 6.05. The van der Waals surface area contributed by atoms with Gasteiger partial charge in [0, 0.05) is 24.3 Å². The Balaban J connectivity index is 1.91. The molecule has 0 bridgehead atoms. The standard InChI is InChI=1S/C18H21NO/c1-13-5-7-17-15(10-13)4-3-9-19(17)12-16-11-14(2)6-8-18(16)20/h5-8,10-11,20H,3-4,9,12H2,1-2H3. The maximum absolute atomic E-state index is 10.0. The zero-order valence-corrected chi connectivity index (χ0v) is 12.2. The van der Waals surface area contributed by atoms with Crippen LogP contribution in [0, 0.1) is 13.8 Å². The van der Waals surface area contributed by atoms with Gasteiger partial charge >= 0.3 is 0 Å². The van der Waals surface area contributed by atoms with Crippen molar-refractivity contribution in [2.24, 2.45) is 0 Å². The number of nitrogens with zero attached hydrogens (tertiary/aromatic N) is 1. The predicted octanol–water partition coefficient (Wildman–Crippen LogP) is 3.96. The molecule has 1 N–H and O–H groups in total. The summed E-state index contributed by atoms with van der Waals surface area (Å²) >= 11 is 0. The van der Waals surface area contributed by atoms with Crippen molar-refractivity contribution in [3.8, 4) is 5.75 Å². The van der Waals surface area contributed by atoms with Gasteiger partial charge in [-0.3, -0.25) is 0 Å². The first-order valence-corrected chi connectivity index (χ1v) is 7.26. The van der Waals surface area contributed by atoms with Crippen molar-refractivity contribution >= 4 is 5.69 Å². The topological polar surface area (TPSA) is 23.5 Å². The van der Waals surface area contributed by atoms with Crippen LogP contribution in [0.15, 0.2) is 36.4 Å². The molecular weight excluding hydrogens is 246 g/mol. The van der Waals surface area contributed by atoms with E-state index in [1.54, 1.807) is 6.07 Å². The van der Waals surface area contributed by atoms with Crippen LogP contribution < -0.4 is 4.90 Å². The molecule has 0 saturated heterocycles. The summed E-state index contributed by atoms with van der Waals surface area (Å²) in [6.07, 6.45) is 2.34. The fourth-order valence-corrected chi connectivity index (χ4v) is 3.01. The first-order valence-electron chi connectivity index (χ1n) is 7.26. The zero-order chi connectivity index (χ0) is 14.1. The van der Waals surface area contributed by atoms with E-state index >= 15 is 0 Å². The summed E-state index contributed by atoms with van der Waals surface area (Å²) in [5.41, 5.74) is 6.28. The van der Waals surface area contributed by atoms with Crippen molar-refractivity contribution in [1.29, 1.82) is 0 Å². The average molecular weight is 267 g/mol. The van der Waals surface area contributed by atoms with Gasteiger partial charge in [0.05, 0.1) is 0 Å². The molecule has 0 unspecified atom stereocenters.